The second-order valence-corrected chi connectivity index (χ2v) is 21.2. The quantitative estimate of drug-likeness (QED) is 0.107. The Bertz CT molecular complexity index is 2460. The van der Waals surface area contributed by atoms with E-state index in [1.54, 1.807) is 31.1 Å². The van der Waals surface area contributed by atoms with E-state index < -0.39 is 29.4 Å². The van der Waals surface area contributed by atoms with Crippen LogP contribution in [0.15, 0.2) is 41.9 Å². The Kier molecular flexibility index (Phi) is 13.7. The van der Waals surface area contributed by atoms with Gasteiger partial charge in [-0.25, -0.2) is 14.6 Å². The van der Waals surface area contributed by atoms with Gasteiger partial charge in [-0.15, -0.1) is 11.3 Å². The van der Waals surface area contributed by atoms with Gasteiger partial charge in [0, 0.05) is 92.2 Å². The molecule has 0 radical (unpaired) electrons. The van der Waals surface area contributed by atoms with Gasteiger partial charge in [0.05, 0.1) is 41.3 Å². The average Bonchev–Trinajstić information content (AvgIpc) is 3.57. The second kappa shape index (κ2) is 19.0. The lowest BCUT2D eigenvalue weighted by molar-refractivity contribution is -0.931. The van der Waals surface area contributed by atoms with Crippen LogP contribution in [0.4, 0.5) is 4.79 Å². The Balaban J connectivity index is 1.19. The summed E-state index contributed by atoms with van der Waals surface area (Å²) in [5.41, 5.74) is 6.37. The van der Waals surface area contributed by atoms with Crippen molar-refractivity contribution in [1.29, 1.82) is 0 Å². The first-order valence-electron chi connectivity index (χ1n) is 23.9. The number of likely N-dealkylation sites (tertiary alicyclic amines) is 1. The van der Waals surface area contributed by atoms with Crippen LogP contribution in [-0.2, 0) is 43.2 Å². The summed E-state index contributed by atoms with van der Waals surface area (Å²) in [5, 5.41) is 8.76. The maximum absolute atomic E-state index is 15.1. The van der Waals surface area contributed by atoms with E-state index in [0.29, 0.717) is 57.0 Å². The number of urea groups is 1. The van der Waals surface area contributed by atoms with Crippen LogP contribution in [0.5, 0.6) is 0 Å². The van der Waals surface area contributed by atoms with Crippen LogP contribution in [0, 0.1) is 11.3 Å². The number of aromatic nitrogens is 3. The fraction of sp³-hybridized carbons (Fsp3) is 0.600. The first-order valence-corrected chi connectivity index (χ1v) is 24.8. The molecule has 1 N–H and O–H groups in total. The van der Waals surface area contributed by atoms with Gasteiger partial charge in [-0.2, -0.15) is 9.60 Å². The Hall–Kier alpha value is -4.90. The predicted octanol–water partition coefficient (Wildman–Crippen LogP) is 6.55. The minimum atomic E-state index is -0.993. The number of methoxy groups -OCH3 is 1. The van der Waals surface area contributed by atoms with Crippen molar-refractivity contribution in [2.45, 2.75) is 117 Å². The molecule has 0 saturated carbocycles. The van der Waals surface area contributed by atoms with Crippen molar-refractivity contribution in [2.24, 2.45) is 11.3 Å². The maximum atomic E-state index is 15.1. The first kappa shape index (κ1) is 47.6. The number of nitrogens with zero attached hydrogens (tertiary/aromatic N) is 8. The molecule has 1 spiro atoms. The Morgan fingerprint density at radius 3 is 2.53 bits per heavy atom. The number of cyclic esters (lactones) is 1. The Labute approximate surface area is 394 Å². The molecule has 3 fully saturated rings. The van der Waals surface area contributed by atoms with E-state index in [9.17, 15) is 14.4 Å². The molecule has 4 aliphatic heterocycles. The Morgan fingerprint density at radius 1 is 1.09 bits per heavy atom. The number of fused-ring (bicyclic) bond motifs is 4. The molecule has 66 heavy (non-hydrogen) atoms. The topological polar surface area (TPSA) is 142 Å². The highest BCUT2D eigenvalue weighted by Crippen LogP contribution is 2.43. The van der Waals surface area contributed by atoms with Gasteiger partial charge in [0.15, 0.2) is 13.1 Å². The zero-order valence-electron chi connectivity index (χ0n) is 40.6. The number of carbonyl (C=O) groups is 4. The van der Waals surface area contributed by atoms with Crippen molar-refractivity contribution in [3.63, 3.8) is 0 Å². The standard InChI is InChI=1S/C50H69N9O6S/c1-11-57-40-19-18-33-25-36(40)37(45(57)35-16-12-20-51-43(35)32(4)64-10)27-50(5,6)30-65-48(62)41-17-14-22-58(59(41)23-24-59)47(61)38(26-42-52-39(33)29-66-42)53-46(60)44(31(2)3)56(9)49(63)55(8)28-34-15-13-21-54(34)7/h12,16,18-20,25,29,31-32,34,38,41,44H,11,13-15,17,21-24,26-28,30H2,1-10H3/p+1/t32-,34?,38-,41-,44-/m0/s1. The summed E-state index contributed by atoms with van der Waals surface area (Å²) >= 11 is 1.46. The van der Waals surface area contributed by atoms with Crippen LogP contribution >= 0.6 is 11.3 Å². The summed E-state index contributed by atoms with van der Waals surface area (Å²) in [4.78, 5) is 73.6. The molecule has 3 aromatic heterocycles. The molecule has 16 heteroatoms. The summed E-state index contributed by atoms with van der Waals surface area (Å²) in [6, 6.07) is 8.19. The minimum absolute atomic E-state index is 0.150. The minimum Gasteiger partial charge on any atom is -0.461 e. The number of thiazole rings is 1. The number of likely N-dealkylation sites (N-methyl/N-ethyl adjacent to an activating group) is 3. The third-order valence-electron chi connectivity index (χ3n) is 14.6. The van der Waals surface area contributed by atoms with E-state index in [1.165, 1.54) is 16.2 Å². The third kappa shape index (κ3) is 9.10. The molecule has 7 heterocycles. The van der Waals surface area contributed by atoms with Crippen LogP contribution < -0.4 is 5.32 Å². The number of rotatable bonds is 10. The first-order chi connectivity index (χ1) is 31.5. The van der Waals surface area contributed by atoms with Crippen LogP contribution in [0.25, 0.3) is 33.4 Å². The number of carbonyl (C=O) groups excluding carboxylic acids is 4. The number of pyridine rings is 1. The highest BCUT2D eigenvalue weighted by molar-refractivity contribution is 7.10. The fourth-order valence-corrected chi connectivity index (χ4v) is 11.8. The molecule has 8 rings (SSSR count). The molecular formula is C50H70N9O6S+. The summed E-state index contributed by atoms with van der Waals surface area (Å²) in [6.07, 6.45) is 5.66. The van der Waals surface area contributed by atoms with Gasteiger partial charge in [0.2, 0.25) is 11.9 Å². The van der Waals surface area contributed by atoms with Crippen LogP contribution in [0.3, 0.4) is 0 Å². The number of esters is 1. The van der Waals surface area contributed by atoms with E-state index in [4.69, 9.17) is 19.4 Å². The molecule has 356 valence electrons. The van der Waals surface area contributed by atoms with Crippen molar-refractivity contribution in [3.05, 3.63) is 58.2 Å². The number of amides is 4. The lowest BCUT2D eigenvalue weighted by atomic mass is 9.84. The summed E-state index contributed by atoms with van der Waals surface area (Å²) < 4.78 is 14.7. The van der Waals surface area contributed by atoms with E-state index >= 15 is 4.79 Å². The van der Waals surface area contributed by atoms with Gasteiger partial charge in [-0.1, -0.05) is 33.8 Å². The normalized spacial score (nSPS) is 22.8. The Morgan fingerprint density at radius 2 is 1.85 bits per heavy atom. The molecule has 15 nitrogen and oxygen atoms in total. The summed E-state index contributed by atoms with van der Waals surface area (Å²) in [5.74, 6) is -1.21. The number of hydrogen-bond acceptors (Lipinski definition) is 10. The molecule has 3 saturated heterocycles. The fourth-order valence-electron chi connectivity index (χ4n) is 10.9. The van der Waals surface area contributed by atoms with Gasteiger partial charge in [-0.3, -0.25) is 14.6 Å². The van der Waals surface area contributed by atoms with Gasteiger partial charge in [0.25, 0.3) is 5.91 Å². The van der Waals surface area contributed by atoms with Crippen molar-refractivity contribution < 1.29 is 33.2 Å². The van der Waals surface area contributed by atoms with Gasteiger partial charge in [-0.05, 0) is 88.9 Å². The number of hydrogen-bond donors (Lipinski definition) is 1. The van der Waals surface area contributed by atoms with Gasteiger partial charge < -0.3 is 34.1 Å². The van der Waals surface area contributed by atoms with Crippen LogP contribution in [-0.4, -0.2) is 154 Å². The zero-order chi connectivity index (χ0) is 47.2. The predicted molar refractivity (Wildman–Crippen MR) is 256 cm³/mol. The summed E-state index contributed by atoms with van der Waals surface area (Å²) in [7, 11) is 7.25. The number of quaternary nitrogens is 1. The number of aryl methyl sites for hydroxylation is 1. The van der Waals surface area contributed by atoms with Crippen molar-refractivity contribution >= 4 is 46.1 Å². The average molecular weight is 925 g/mol. The van der Waals surface area contributed by atoms with E-state index in [-0.39, 0.29) is 53.6 Å². The second-order valence-electron chi connectivity index (χ2n) is 20.3. The lowest BCUT2D eigenvalue weighted by Crippen LogP contribution is -2.65. The van der Waals surface area contributed by atoms with Crippen LogP contribution in [0.1, 0.15) is 89.6 Å². The van der Waals surface area contributed by atoms with E-state index in [1.807, 2.05) is 38.4 Å². The number of benzene rings is 1. The zero-order valence-corrected chi connectivity index (χ0v) is 41.4. The largest absolute Gasteiger partial charge is 0.461 e. The smallest absolute Gasteiger partial charge is 0.367 e. The third-order valence-corrected chi connectivity index (χ3v) is 15.5. The molecule has 0 aliphatic carbocycles. The highest BCUT2D eigenvalue weighted by atomic mass is 32.1. The molecule has 5 atom stereocenters. The van der Waals surface area contributed by atoms with Crippen molar-refractivity contribution in [3.8, 4) is 22.5 Å². The monoisotopic (exact) mass is 925 g/mol. The molecule has 1 aromatic carbocycles. The number of nitrogens with one attached hydrogen (secondary N) is 1. The molecule has 4 aliphatic rings. The highest BCUT2D eigenvalue weighted by Gasteiger charge is 2.62. The summed E-state index contributed by atoms with van der Waals surface area (Å²) in [6.45, 7) is 16.5. The van der Waals surface area contributed by atoms with E-state index in [0.717, 1.165) is 64.1 Å². The number of ether oxygens (including phenoxy) is 2. The van der Waals surface area contributed by atoms with Crippen molar-refractivity contribution in [2.75, 3.05) is 67.6 Å². The van der Waals surface area contributed by atoms with E-state index in [2.05, 4.69) is 66.9 Å². The molecular weight excluding hydrogens is 855 g/mol. The SMILES string of the molecule is CCn1c(-c2cccnc2[C@H](C)OC)c2c3cc(ccc31)-c1csc(n1)C[C@H](NC(=O)[C@H](C(C)C)N(C)C(=O)N(C)CC1CCCN1C)C(=O)N1CCC[C@@H](C(=O)OCC(C)(C)C2)[N+]12CC2. The van der Waals surface area contributed by atoms with Crippen molar-refractivity contribution in [1.82, 2.24) is 39.6 Å². The van der Waals surface area contributed by atoms with Gasteiger partial charge >= 0.3 is 12.0 Å². The molecule has 6 bridgehead atoms. The van der Waals surface area contributed by atoms with Crippen LogP contribution in [0.2, 0.25) is 0 Å². The maximum Gasteiger partial charge on any atom is 0.367 e. The molecule has 4 amide bonds. The molecule has 4 aromatic rings. The lowest BCUT2D eigenvalue weighted by Gasteiger charge is -2.42. The molecule has 1 unspecified atom stereocenters. The van der Waals surface area contributed by atoms with Gasteiger partial charge in [0.1, 0.15) is 12.1 Å².